The third kappa shape index (κ3) is 4.05. The smallest absolute Gasteiger partial charge is 0.271 e. The summed E-state index contributed by atoms with van der Waals surface area (Å²) >= 11 is 0. The maximum Gasteiger partial charge on any atom is 0.271 e. The minimum Gasteiger partial charge on any atom is -0.360 e. The maximum absolute atomic E-state index is 12.6. The summed E-state index contributed by atoms with van der Waals surface area (Å²) in [5.74, 6) is -0.216. The average molecular weight is 426 g/mol. The quantitative estimate of drug-likeness (QED) is 0.392. The van der Waals surface area contributed by atoms with Crippen LogP contribution in [-0.2, 0) is 0 Å². The lowest BCUT2D eigenvalue weighted by Gasteiger charge is -2.46. The number of amides is 1. The third-order valence-electron chi connectivity index (χ3n) is 6.16. The molecule has 0 atom stereocenters. The van der Waals surface area contributed by atoms with Gasteiger partial charge in [0.25, 0.3) is 5.91 Å². The number of anilines is 1. The molecule has 0 unspecified atom stereocenters. The van der Waals surface area contributed by atoms with E-state index < -0.39 is 0 Å². The highest BCUT2D eigenvalue weighted by Gasteiger charge is 2.33. The molecule has 4 heteroatoms. The van der Waals surface area contributed by atoms with Crippen LogP contribution in [0.5, 0.6) is 0 Å². The van der Waals surface area contributed by atoms with Crippen molar-refractivity contribution in [1.82, 2.24) is 5.43 Å². The van der Waals surface area contributed by atoms with Crippen LogP contribution in [0.1, 0.15) is 61.7 Å². The SMILES string of the molecule is CC1=CC(C)(C)N(C(C)C)c2cc(C)c(/C=N/NC(=O)c3ccc4ccccc4c3)cc21. The van der Waals surface area contributed by atoms with Crippen molar-refractivity contribution in [2.24, 2.45) is 5.10 Å². The van der Waals surface area contributed by atoms with Crippen molar-refractivity contribution in [2.45, 2.75) is 53.1 Å². The first kappa shape index (κ1) is 21.8. The molecule has 164 valence electrons. The lowest BCUT2D eigenvalue weighted by molar-refractivity contribution is 0.0955. The van der Waals surface area contributed by atoms with E-state index in [9.17, 15) is 4.79 Å². The number of hydrogen-bond donors (Lipinski definition) is 1. The summed E-state index contributed by atoms with van der Waals surface area (Å²) in [6.45, 7) is 13.2. The van der Waals surface area contributed by atoms with Crippen LogP contribution >= 0.6 is 0 Å². The van der Waals surface area contributed by atoms with E-state index in [2.05, 4.69) is 75.2 Å². The number of aryl methyl sites for hydroxylation is 1. The molecule has 1 aliphatic heterocycles. The molecule has 1 N–H and O–H groups in total. The zero-order valence-corrected chi connectivity index (χ0v) is 19.7. The van der Waals surface area contributed by atoms with E-state index in [1.165, 1.54) is 16.8 Å². The van der Waals surface area contributed by atoms with Crippen LogP contribution in [0.15, 0.2) is 65.8 Å². The van der Waals surface area contributed by atoms with Crippen LogP contribution in [0.25, 0.3) is 16.3 Å². The summed E-state index contributed by atoms with van der Waals surface area (Å²) in [5.41, 5.74) is 9.08. The molecule has 0 spiro atoms. The molecule has 32 heavy (non-hydrogen) atoms. The largest absolute Gasteiger partial charge is 0.360 e. The van der Waals surface area contributed by atoms with E-state index in [4.69, 9.17) is 0 Å². The second-order valence-corrected chi connectivity index (χ2v) is 9.43. The second-order valence-electron chi connectivity index (χ2n) is 9.43. The molecule has 0 bridgehead atoms. The van der Waals surface area contributed by atoms with Gasteiger partial charge in [-0.15, -0.1) is 0 Å². The number of hydrogen-bond acceptors (Lipinski definition) is 3. The van der Waals surface area contributed by atoms with Crippen LogP contribution in [-0.4, -0.2) is 23.7 Å². The molecule has 4 nitrogen and oxygen atoms in total. The lowest BCUT2D eigenvalue weighted by atomic mass is 9.86. The third-order valence-corrected chi connectivity index (χ3v) is 6.16. The first-order valence-electron chi connectivity index (χ1n) is 11.1. The van der Waals surface area contributed by atoms with E-state index in [1.807, 2.05) is 42.5 Å². The summed E-state index contributed by atoms with van der Waals surface area (Å²) in [6, 6.07) is 18.5. The van der Waals surface area contributed by atoms with Crippen molar-refractivity contribution in [2.75, 3.05) is 4.90 Å². The van der Waals surface area contributed by atoms with Crippen molar-refractivity contribution < 1.29 is 4.79 Å². The van der Waals surface area contributed by atoms with Crippen LogP contribution in [0.2, 0.25) is 0 Å². The van der Waals surface area contributed by atoms with Crippen molar-refractivity contribution in [3.8, 4) is 0 Å². The fourth-order valence-electron chi connectivity index (χ4n) is 4.85. The molecule has 0 saturated heterocycles. The molecular weight excluding hydrogens is 394 g/mol. The van der Waals surface area contributed by atoms with E-state index in [1.54, 1.807) is 6.21 Å². The van der Waals surface area contributed by atoms with Gasteiger partial charge in [0.1, 0.15) is 0 Å². The maximum atomic E-state index is 12.6. The second kappa shape index (κ2) is 8.27. The number of nitrogens with zero attached hydrogens (tertiary/aromatic N) is 2. The number of hydrazone groups is 1. The number of carbonyl (C=O) groups excluding carboxylic acids is 1. The number of nitrogens with one attached hydrogen (secondary N) is 1. The summed E-state index contributed by atoms with van der Waals surface area (Å²) in [5, 5.41) is 6.40. The molecule has 0 aromatic heterocycles. The molecule has 1 aliphatic rings. The number of rotatable bonds is 4. The Hall–Kier alpha value is -3.40. The lowest BCUT2D eigenvalue weighted by Crippen LogP contribution is -2.49. The zero-order chi connectivity index (χ0) is 23.0. The Bertz CT molecular complexity index is 1250. The molecular formula is C28H31N3O. The molecule has 0 saturated carbocycles. The molecule has 3 aromatic carbocycles. The fraction of sp³-hybridized carbons (Fsp3) is 0.286. The Labute approximate surface area is 190 Å². The Balaban J connectivity index is 1.58. The average Bonchev–Trinajstić information content (AvgIpc) is 2.73. The van der Waals surface area contributed by atoms with Gasteiger partial charge in [0.05, 0.1) is 11.8 Å². The zero-order valence-electron chi connectivity index (χ0n) is 19.7. The van der Waals surface area contributed by atoms with Crippen LogP contribution < -0.4 is 10.3 Å². The first-order chi connectivity index (χ1) is 15.2. The first-order valence-corrected chi connectivity index (χ1v) is 11.1. The fourth-order valence-corrected chi connectivity index (χ4v) is 4.85. The minimum absolute atomic E-state index is 0.0405. The number of fused-ring (bicyclic) bond motifs is 2. The Kier molecular flexibility index (Phi) is 5.64. The Morgan fingerprint density at radius 3 is 2.47 bits per heavy atom. The minimum atomic E-state index is -0.216. The van der Waals surface area contributed by atoms with Gasteiger partial charge in [-0.25, -0.2) is 5.43 Å². The van der Waals surface area contributed by atoms with Crippen molar-refractivity contribution in [1.29, 1.82) is 0 Å². The summed E-state index contributed by atoms with van der Waals surface area (Å²) in [6.07, 6.45) is 4.06. The van der Waals surface area contributed by atoms with Gasteiger partial charge in [-0.2, -0.15) is 5.10 Å². The van der Waals surface area contributed by atoms with Gasteiger partial charge >= 0.3 is 0 Å². The van der Waals surface area contributed by atoms with Gasteiger partial charge in [-0.3, -0.25) is 4.79 Å². The highest BCUT2D eigenvalue weighted by Crippen LogP contribution is 2.41. The van der Waals surface area contributed by atoms with E-state index in [0.29, 0.717) is 11.6 Å². The highest BCUT2D eigenvalue weighted by atomic mass is 16.2. The molecule has 0 fully saturated rings. The number of allylic oxidation sites excluding steroid dienone is 1. The Morgan fingerprint density at radius 1 is 1.03 bits per heavy atom. The van der Waals surface area contributed by atoms with Crippen LogP contribution in [0, 0.1) is 6.92 Å². The van der Waals surface area contributed by atoms with Gasteiger partial charge in [0.15, 0.2) is 0 Å². The normalized spacial score (nSPS) is 15.2. The predicted octanol–water partition coefficient (Wildman–Crippen LogP) is 6.32. The van der Waals surface area contributed by atoms with E-state index in [0.717, 1.165) is 21.9 Å². The van der Waals surface area contributed by atoms with Crippen molar-refractivity contribution in [3.63, 3.8) is 0 Å². The molecule has 4 rings (SSSR count). The van der Waals surface area contributed by atoms with Gasteiger partial charge in [0.2, 0.25) is 0 Å². The van der Waals surface area contributed by atoms with Gasteiger partial charge in [0, 0.05) is 22.9 Å². The standard InChI is InChI=1S/C28H31N3O/c1-18(2)31-26-13-19(3)24(15-25(26)20(4)16-28(31,5)6)17-29-30-27(32)23-12-11-21-9-7-8-10-22(21)14-23/h7-18H,1-6H3,(H,30,32)/b29-17+. The summed E-state index contributed by atoms with van der Waals surface area (Å²) in [7, 11) is 0. The Morgan fingerprint density at radius 2 is 1.75 bits per heavy atom. The summed E-state index contributed by atoms with van der Waals surface area (Å²) in [4.78, 5) is 15.1. The van der Waals surface area contributed by atoms with Crippen LogP contribution in [0.4, 0.5) is 5.69 Å². The van der Waals surface area contributed by atoms with Crippen molar-refractivity contribution in [3.05, 3.63) is 82.9 Å². The number of benzene rings is 3. The molecule has 1 heterocycles. The molecule has 0 aliphatic carbocycles. The van der Waals surface area contributed by atoms with Crippen molar-refractivity contribution >= 4 is 34.2 Å². The highest BCUT2D eigenvalue weighted by molar-refractivity contribution is 5.99. The predicted molar refractivity (Wildman–Crippen MR) is 136 cm³/mol. The van der Waals surface area contributed by atoms with E-state index in [-0.39, 0.29) is 11.4 Å². The summed E-state index contributed by atoms with van der Waals surface area (Å²) < 4.78 is 0. The topological polar surface area (TPSA) is 44.7 Å². The number of carbonyl (C=O) groups is 1. The van der Waals surface area contributed by atoms with E-state index >= 15 is 0 Å². The van der Waals surface area contributed by atoms with Gasteiger partial charge < -0.3 is 4.90 Å². The van der Waals surface area contributed by atoms with Crippen LogP contribution in [0.3, 0.4) is 0 Å². The monoisotopic (exact) mass is 425 g/mol. The molecule has 1 amide bonds. The van der Waals surface area contributed by atoms with Gasteiger partial charge in [-0.05, 0) is 93.3 Å². The van der Waals surface area contributed by atoms with Gasteiger partial charge in [-0.1, -0.05) is 36.4 Å². The molecule has 0 radical (unpaired) electrons. The molecule has 3 aromatic rings.